The van der Waals surface area contributed by atoms with Crippen LogP contribution in [0.3, 0.4) is 0 Å². The van der Waals surface area contributed by atoms with Gasteiger partial charge in [-0.1, -0.05) is 6.07 Å². The maximum absolute atomic E-state index is 12.7. The van der Waals surface area contributed by atoms with Gasteiger partial charge in [0, 0.05) is 56.5 Å². The van der Waals surface area contributed by atoms with Crippen LogP contribution in [0.2, 0.25) is 0 Å². The fourth-order valence-corrected chi connectivity index (χ4v) is 3.02. The average Bonchev–Trinajstić information content (AvgIpc) is 2.90. The van der Waals surface area contributed by atoms with Crippen molar-refractivity contribution in [3.63, 3.8) is 0 Å². The van der Waals surface area contributed by atoms with Gasteiger partial charge in [0.25, 0.3) is 0 Å². The van der Waals surface area contributed by atoms with Crippen molar-refractivity contribution < 1.29 is 4.79 Å². The Kier molecular flexibility index (Phi) is 4.76. The van der Waals surface area contributed by atoms with Crippen molar-refractivity contribution >= 4 is 5.91 Å². The van der Waals surface area contributed by atoms with Gasteiger partial charge in [0.1, 0.15) is 0 Å². The highest BCUT2D eigenvalue weighted by atomic mass is 16.1. The van der Waals surface area contributed by atoms with E-state index in [0.717, 1.165) is 25.2 Å². The normalized spacial score (nSPS) is 18.5. The van der Waals surface area contributed by atoms with Crippen molar-refractivity contribution in [3.8, 4) is 0 Å². The molecule has 0 unspecified atom stereocenters. The second-order valence-electron chi connectivity index (χ2n) is 6.45. The number of nitrogens with one attached hydrogen (secondary N) is 1. The molecule has 3 heterocycles. The molecule has 0 aliphatic carbocycles. The molecule has 0 saturated heterocycles. The van der Waals surface area contributed by atoms with E-state index in [9.17, 15) is 4.79 Å². The van der Waals surface area contributed by atoms with Crippen molar-refractivity contribution in [3.05, 3.63) is 54.1 Å². The Hall–Kier alpha value is -2.14. The number of fused-ring (bicyclic) bond motifs is 1. The largest absolute Gasteiger partial charge is 0.352 e. The van der Waals surface area contributed by atoms with E-state index in [4.69, 9.17) is 0 Å². The van der Waals surface area contributed by atoms with Gasteiger partial charge in [0.2, 0.25) is 5.91 Å². The fourth-order valence-electron chi connectivity index (χ4n) is 3.02. The molecule has 23 heavy (non-hydrogen) atoms. The minimum atomic E-state index is -0.0391. The fraction of sp³-hybridized carbons (Fsp3) is 0.444. The zero-order valence-corrected chi connectivity index (χ0v) is 13.8. The number of amides is 1. The molecule has 1 atom stereocenters. The third-order valence-electron chi connectivity index (χ3n) is 4.45. The van der Waals surface area contributed by atoms with Crippen LogP contribution in [0, 0.1) is 5.92 Å². The Morgan fingerprint density at radius 3 is 2.96 bits per heavy atom. The van der Waals surface area contributed by atoms with E-state index >= 15 is 0 Å². The van der Waals surface area contributed by atoms with Crippen LogP contribution < -0.4 is 5.32 Å². The summed E-state index contributed by atoms with van der Waals surface area (Å²) in [6.07, 6.45) is 5.60. The maximum Gasteiger partial charge on any atom is 0.226 e. The number of aromatic nitrogens is 2. The highest BCUT2D eigenvalue weighted by Gasteiger charge is 2.27. The van der Waals surface area contributed by atoms with E-state index in [0.29, 0.717) is 12.6 Å². The molecule has 1 N–H and O–H groups in total. The van der Waals surface area contributed by atoms with Crippen LogP contribution in [-0.2, 0) is 24.4 Å². The average molecular weight is 312 g/mol. The van der Waals surface area contributed by atoms with E-state index in [-0.39, 0.29) is 11.8 Å². The van der Waals surface area contributed by atoms with Gasteiger partial charge >= 0.3 is 0 Å². The van der Waals surface area contributed by atoms with Gasteiger partial charge in [-0.05, 0) is 37.6 Å². The number of hydrogen-bond acceptors (Lipinski definition) is 3. The van der Waals surface area contributed by atoms with Gasteiger partial charge in [-0.2, -0.15) is 0 Å². The molecule has 1 aliphatic heterocycles. The number of carbonyl (C=O) groups excluding carboxylic acids is 1. The quantitative estimate of drug-likeness (QED) is 0.940. The zero-order valence-electron chi connectivity index (χ0n) is 13.8. The van der Waals surface area contributed by atoms with Crippen molar-refractivity contribution in [1.82, 2.24) is 19.8 Å². The Morgan fingerprint density at radius 2 is 2.22 bits per heavy atom. The van der Waals surface area contributed by atoms with Gasteiger partial charge in [0.15, 0.2) is 0 Å². The molecule has 2 aromatic rings. The Balaban J connectivity index is 1.69. The lowest BCUT2D eigenvalue weighted by atomic mass is 10.1. The molecule has 0 spiro atoms. The lowest BCUT2D eigenvalue weighted by Crippen LogP contribution is -2.40. The third kappa shape index (κ3) is 3.79. The summed E-state index contributed by atoms with van der Waals surface area (Å²) < 4.78 is 2.21. The van der Waals surface area contributed by atoms with E-state index in [2.05, 4.69) is 51.9 Å². The van der Waals surface area contributed by atoms with E-state index in [1.54, 1.807) is 12.4 Å². The van der Waals surface area contributed by atoms with Crippen molar-refractivity contribution in [1.29, 1.82) is 0 Å². The van der Waals surface area contributed by atoms with Crippen LogP contribution >= 0.6 is 0 Å². The molecule has 2 aromatic heterocycles. The van der Waals surface area contributed by atoms with E-state index in [1.807, 2.05) is 12.1 Å². The van der Waals surface area contributed by atoms with Gasteiger partial charge in [-0.3, -0.25) is 14.7 Å². The van der Waals surface area contributed by atoms with E-state index < -0.39 is 0 Å². The second kappa shape index (κ2) is 6.96. The summed E-state index contributed by atoms with van der Waals surface area (Å²) in [5, 5.41) is 3.06. The predicted molar refractivity (Wildman–Crippen MR) is 89.6 cm³/mol. The molecule has 3 rings (SSSR count). The lowest BCUT2D eigenvalue weighted by Gasteiger charge is -2.27. The van der Waals surface area contributed by atoms with Crippen LogP contribution in [-0.4, -0.2) is 32.9 Å². The number of carbonyl (C=O) groups is 1. The lowest BCUT2D eigenvalue weighted by molar-refractivity contribution is -0.126. The van der Waals surface area contributed by atoms with Gasteiger partial charge in [0.05, 0.1) is 5.92 Å². The van der Waals surface area contributed by atoms with E-state index in [1.165, 1.54) is 5.69 Å². The molecule has 5 heteroatoms. The molecule has 5 nitrogen and oxygen atoms in total. The van der Waals surface area contributed by atoms with Crippen molar-refractivity contribution in [2.24, 2.45) is 5.92 Å². The molecular weight excluding hydrogens is 288 g/mol. The summed E-state index contributed by atoms with van der Waals surface area (Å²) >= 11 is 0. The monoisotopic (exact) mass is 312 g/mol. The minimum absolute atomic E-state index is 0.0391. The maximum atomic E-state index is 12.7. The van der Waals surface area contributed by atoms with Crippen LogP contribution in [0.5, 0.6) is 0 Å². The first-order valence-electron chi connectivity index (χ1n) is 8.18. The summed E-state index contributed by atoms with van der Waals surface area (Å²) in [6.45, 7) is 7.33. The smallest absolute Gasteiger partial charge is 0.226 e. The number of rotatable bonds is 4. The molecule has 0 aromatic carbocycles. The SMILES string of the molecule is CC(C)N1Cc2cccn2C[C@@H](C(=O)NCc2cccnc2)C1. The summed E-state index contributed by atoms with van der Waals surface area (Å²) in [4.78, 5) is 19.1. The molecule has 0 saturated carbocycles. The molecule has 122 valence electrons. The third-order valence-corrected chi connectivity index (χ3v) is 4.45. The van der Waals surface area contributed by atoms with Crippen LogP contribution in [0.4, 0.5) is 0 Å². The molecular formula is C18H24N4O. The first kappa shape index (κ1) is 15.7. The Morgan fingerprint density at radius 1 is 1.35 bits per heavy atom. The summed E-state index contributed by atoms with van der Waals surface area (Å²) in [7, 11) is 0. The number of nitrogens with zero attached hydrogens (tertiary/aromatic N) is 3. The summed E-state index contributed by atoms with van der Waals surface area (Å²) in [6, 6.07) is 8.49. The molecule has 0 bridgehead atoms. The van der Waals surface area contributed by atoms with Crippen LogP contribution in [0.1, 0.15) is 25.1 Å². The summed E-state index contributed by atoms with van der Waals surface area (Å²) in [5.41, 5.74) is 2.30. The van der Waals surface area contributed by atoms with Crippen LogP contribution in [0.25, 0.3) is 0 Å². The molecule has 0 radical (unpaired) electrons. The highest BCUT2D eigenvalue weighted by molar-refractivity contribution is 5.78. The standard InChI is InChI=1S/C18H24N4O/c1-14(2)22-12-16(11-21-8-4-6-17(21)13-22)18(23)20-10-15-5-3-7-19-9-15/h3-9,14,16H,10-13H2,1-2H3,(H,20,23)/t16-/m1/s1. The molecule has 1 amide bonds. The second-order valence-corrected chi connectivity index (χ2v) is 6.45. The summed E-state index contributed by atoms with van der Waals surface area (Å²) in [5.74, 6) is 0.0729. The van der Waals surface area contributed by atoms with Gasteiger partial charge in [-0.25, -0.2) is 0 Å². The zero-order chi connectivity index (χ0) is 16.2. The molecule has 1 aliphatic rings. The first-order valence-corrected chi connectivity index (χ1v) is 8.18. The minimum Gasteiger partial charge on any atom is -0.352 e. The highest BCUT2D eigenvalue weighted by Crippen LogP contribution is 2.19. The topological polar surface area (TPSA) is 50.2 Å². The first-order chi connectivity index (χ1) is 11.1. The number of hydrogen-bond donors (Lipinski definition) is 1. The van der Waals surface area contributed by atoms with Crippen molar-refractivity contribution in [2.45, 2.75) is 39.5 Å². The Labute approximate surface area is 137 Å². The van der Waals surface area contributed by atoms with Gasteiger partial charge in [-0.15, -0.1) is 0 Å². The Bertz CT molecular complexity index is 650. The van der Waals surface area contributed by atoms with Crippen molar-refractivity contribution in [2.75, 3.05) is 6.54 Å². The van der Waals surface area contributed by atoms with Crippen LogP contribution in [0.15, 0.2) is 42.9 Å². The molecule has 0 fully saturated rings. The predicted octanol–water partition coefficient (Wildman–Crippen LogP) is 2.04. The number of pyridine rings is 1. The van der Waals surface area contributed by atoms with Gasteiger partial charge < -0.3 is 9.88 Å².